The molecule has 152 valence electrons. The molecule has 10 atom stereocenters. The van der Waals surface area contributed by atoms with Crippen molar-refractivity contribution in [3.8, 4) is 0 Å². The quantitative estimate of drug-likeness (QED) is 0.810. The van der Waals surface area contributed by atoms with Crippen LogP contribution < -0.4 is 10.6 Å². The molecule has 6 aliphatic rings. The maximum absolute atomic E-state index is 12.7. The van der Waals surface area contributed by atoms with E-state index in [-0.39, 0.29) is 23.7 Å². The number of pyridine rings is 1. The lowest BCUT2D eigenvalue weighted by Gasteiger charge is -2.11. The topological polar surface area (TPSA) is 71.1 Å². The van der Waals surface area contributed by atoms with E-state index in [1.54, 1.807) is 6.20 Å². The average Bonchev–Trinajstić information content (AvgIpc) is 3.39. The van der Waals surface area contributed by atoms with E-state index in [0.717, 1.165) is 29.2 Å². The van der Waals surface area contributed by atoms with Gasteiger partial charge in [0.15, 0.2) is 0 Å². The van der Waals surface area contributed by atoms with Gasteiger partial charge in [-0.05, 0) is 104 Å². The van der Waals surface area contributed by atoms with Crippen molar-refractivity contribution in [3.05, 3.63) is 23.9 Å². The molecule has 1 heterocycles. The Hall–Kier alpha value is -1.91. The van der Waals surface area contributed by atoms with Crippen molar-refractivity contribution in [1.82, 2.24) is 10.3 Å². The minimum atomic E-state index is 0.159. The van der Waals surface area contributed by atoms with Gasteiger partial charge in [0, 0.05) is 24.6 Å². The van der Waals surface area contributed by atoms with Crippen LogP contribution in [-0.4, -0.2) is 16.8 Å². The SMILES string of the molecule is O=C(NCc1ccnc(NC(=O)C2[C@@H]3[C@H]4CC[C@@H](C4)[C@H]23)c1)C1[C@@H]2[C@H]3CC[C@@H](C3)[C@H]12. The normalized spacial score (nSPS) is 46.9. The predicted molar refractivity (Wildman–Crippen MR) is 107 cm³/mol. The zero-order valence-corrected chi connectivity index (χ0v) is 16.7. The maximum Gasteiger partial charge on any atom is 0.229 e. The number of anilines is 1. The zero-order valence-electron chi connectivity index (χ0n) is 16.7. The Morgan fingerprint density at radius 2 is 1.41 bits per heavy atom. The second-order valence-corrected chi connectivity index (χ2v) is 10.8. The van der Waals surface area contributed by atoms with Crippen molar-refractivity contribution in [2.45, 2.75) is 45.1 Å². The number of hydrogen-bond acceptors (Lipinski definition) is 3. The molecule has 2 N–H and O–H groups in total. The van der Waals surface area contributed by atoms with Gasteiger partial charge in [0.25, 0.3) is 0 Å². The van der Waals surface area contributed by atoms with Gasteiger partial charge in [0.05, 0.1) is 0 Å². The lowest BCUT2D eigenvalue weighted by atomic mass is 10.0. The van der Waals surface area contributed by atoms with E-state index >= 15 is 0 Å². The van der Waals surface area contributed by atoms with Crippen molar-refractivity contribution in [1.29, 1.82) is 0 Å². The molecule has 5 heteroatoms. The fraction of sp³-hybridized carbons (Fsp3) is 0.708. The Kier molecular flexibility index (Phi) is 3.38. The van der Waals surface area contributed by atoms with Crippen LogP contribution in [0.25, 0.3) is 0 Å². The summed E-state index contributed by atoms with van der Waals surface area (Å²) in [4.78, 5) is 29.7. The van der Waals surface area contributed by atoms with Gasteiger partial charge < -0.3 is 10.6 Å². The Balaban J connectivity index is 0.957. The van der Waals surface area contributed by atoms with E-state index in [0.29, 0.717) is 36.0 Å². The first kappa shape index (κ1) is 16.8. The van der Waals surface area contributed by atoms with Crippen molar-refractivity contribution in [2.24, 2.45) is 59.2 Å². The molecule has 0 spiro atoms. The van der Waals surface area contributed by atoms with Gasteiger partial charge in [-0.25, -0.2) is 4.98 Å². The average molecular weight is 392 g/mol. The highest BCUT2D eigenvalue weighted by molar-refractivity contribution is 5.94. The molecule has 29 heavy (non-hydrogen) atoms. The Morgan fingerprint density at radius 1 is 0.862 bits per heavy atom. The summed E-state index contributed by atoms with van der Waals surface area (Å²) in [5.74, 6) is 7.38. The highest BCUT2D eigenvalue weighted by atomic mass is 16.2. The number of aromatic nitrogens is 1. The van der Waals surface area contributed by atoms with Crippen LogP contribution in [0.1, 0.15) is 44.1 Å². The molecule has 4 bridgehead atoms. The van der Waals surface area contributed by atoms with Crippen LogP contribution >= 0.6 is 0 Å². The smallest absolute Gasteiger partial charge is 0.229 e. The summed E-state index contributed by atoms with van der Waals surface area (Å²) < 4.78 is 0. The van der Waals surface area contributed by atoms with Gasteiger partial charge in [-0.2, -0.15) is 0 Å². The molecule has 1 aromatic heterocycles. The molecule has 0 radical (unpaired) electrons. The first-order chi connectivity index (χ1) is 14.2. The number of carbonyl (C=O) groups is 2. The summed E-state index contributed by atoms with van der Waals surface area (Å²) in [5.41, 5.74) is 1.01. The molecular formula is C24H29N3O2. The molecule has 0 aromatic carbocycles. The predicted octanol–water partition coefficient (Wildman–Crippen LogP) is 3.22. The van der Waals surface area contributed by atoms with Crippen LogP contribution in [0.5, 0.6) is 0 Å². The van der Waals surface area contributed by atoms with E-state index in [4.69, 9.17) is 0 Å². The third kappa shape index (κ3) is 2.42. The van der Waals surface area contributed by atoms with E-state index in [9.17, 15) is 9.59 Å². The molecule has 6 aliphatic carbocycles. The summed E-state index contributed by atoms with van der Waals surface area (Å²) in [6.07, 6.45) is 9.80. The molecule has 2 amide bonds. The largest absolute Gasteiger partial charge is 0.352 e. The van der Waals surface area contributed by atoms with Gasteiger partial charge in [-0.1, -0.05) is 0 Å². The Bertz CT molecular complexity index is 868. The van der Waals surface area contributed by atoms with E-state index in [1.165, 1.54) is 38.5 Å². The highest BCUT2D eigenvalue weighted by Gasteiger charge is 2.68. The van der Waals surface area contributed by atoms with Crippen molar-refractivity contribution < 1.29 is 9.59 Å². The summed E-state index contributed by atoms with van der Waals surface area (Å²) in [6, 6.07) is 3.85. The van der Waals surface area contributed by atoms with Crippen LogP contribution in [0.2, 0.25) is 0 Å². The third-order valence-corrected chi connectivity index (χ3v) is 9.62. The molecule has 6 saturated carbocycles. The third-order valence-electron chi connectivity index (χ3n) is 9.62. The van der Waals surface area contributed by atoms with Gasteiger partial charge in [0.1, 0.15) is 5.82 Å². The summed E-state index contributed by atoms with van der Waals surface area (Å²) in [6.45, 7) is 0.522. The van der Waals surface area contributed by atoms with Crippen LogP contribution in [0.3, 0.4) is 0 Å². The van der Waals surface area contributed by atoms with E-state index in [1.807, 2.05) is 12.1 Å². The first-order valence-corrected chi connectivity index (χ1v) is 11.7. The standard InChI is InChI=1S/C24H29N3O2/c28-23(21-17-12-1-2-13(8-12)18(17)21)26-10-11-5-6-25-16(7-11)27-24(29)22-19-14-3-4-15(9-14)20(19)22/h5-7,12-15,17-22H,1-4,8-10H2,(H,26,28)(H,25,27,29)/t12-,13-,14-,15-,17-,18+,19-,20+,21?,22?/m0/s1. The number of hydrogen-bond donors (Lipinski definition) is 2. The lowest BCUT2D eigenvalue weighted by molar-refractivity contribution is -0.123. The minimum Gasteiger partial charge on any atom is -0.352 e. The van der Waals surface area contributed by atoms with Crippen molar-refractivity contribution in [2.75, 3.05) is 5.32 Å². The Labute approximate surface area is 171 Å². The van der Waals surface area contributed by atoms with Crippen LogP contribution in [0, 0.1) is 59.2 Å². The van der Waals surface area contributed by atoms with Gasteiger partial charge >= 0.3 is 0 Å². The first-order valence-electron chi connectivity index (χ1n) is 11.7. The van der Waals surface area contributed by atoms with Gasteiger partial charge in [0.2, 0.25) is 11.8 Å². The molecule has 0 aliphatic heterocycles. The fourth-order valence-corrected chi connectivity index (χ4v) is 8.52. The van der Waals surface area contributed by atoms with Crippen LogP contribution in [0.15, 0.2) is 18.3 Å². The van der Waals surface area contributed by atoms with Crippen molar-refractivity contribution >= 4 is 17.6 Å². The summed E-state index contributed by atoms with van der Waals surface area (Å²) in [7, 11) is 0. The van der Waals surface area contributed by atoms with E-state index < -0.39 is 0 Å². The minimum absolute atomic E-state index is 0.159. The molecular weight excluding hydrogens is 362 g/mol. The number of nitrogens with one attached hydrogen (secondary N) is 2. The number of amides is 2. The van der Waals surface area contributed by atoms with Gasteiger partial charge in [-0.3, -0.25) is 9.59 Å². The highest BCUT2D eigenvalue weighted by Crippen LogP contribution is 2.70. The molecule has 6 fully saturated rings. The number of nitrogens with zero attached hydrogens (tertiary/aromatic N) is 1. The van der Waals surface area contributed by atoms with Crippen LogP contribution in [0.4, 0.5) is 5.82 Å². The molecule has 2 unspecified atom stereocenters. The maximum atomic E-state index is 12.7. The number of rotatable bonds is 5. The summed E-state index contributed by atoms with van der Waals surface area (Å²) >= 11 is 0. The molecule has 1 aromatic rings. The molecule has 5 nitrogen and oxygen atoms in total. The zero-order chi connectivity index (χ0) is 19.3. The fourth-order valence-electron chi connectivity index (χ4n) is 8.52. The Morgan fingerprint density at radius 3 is 2.00 bits per heavy atom. The second kappa shape index (κ2) is 5.83. The number of fused-ring (bicyclic) bond motifs is 10. The molecule has 0 saturated heterocycles. The monoisotopic (exact) mass is 391 g/mol. The van der Waals surface area contributed by atoms with Crippen LogP contribution in [-0.2, 0) is 16.1 Å². The number of carbonyl (C=O) groups excluding carboxylic acids is 2. The second-order valence-electron chi connectivity index (χ2n) is 10.8. The van der Waals surface area contributed by atoms with Crippen molar-refractivity contribution in [3.63, 3.8) is 0 Å². The summed E-state index contributed by atoms with van der Waals surface area (Å²) in [5, 5.41) is 6.20. The lowest BCUT2D eigenvalue weighted by Crippen LogP contribution is -2.27. The molecule has 7 rings (SSSR count). The van der Waals surface area contributed by atoms with Gasteiger partial charge in [-0.15, -0.1) is 0 Å². The van der Waals surface area contributed by atoms with E-state index in [2.05, 4.69) is 15.6 Å².